The van der Waals surface area contributed by atoms with Crippen LogP contribution in [0.4, 0.5) is 0 Å². The Labute approximate surface area is 178 Å². The van der Waals surface area contributed by atoms with Crippen LogP contribution in [0.3, 0.4) is 0 Å². The Bertz CT molecular complexity index is 1310. The molecule has 0 spiro atoms. The Morgan fingerprint density at radius 3 is 2.60 bits per heavy atom. The van der Waals surface area contributed by atoms with Crippen molar-refractivity contribution in [3.05, 3.63) is 74.8 Å². The normalized spacial score (nSPS) is 12.4. The fourth-order valence-electron chi connectivity index (χ4n) is 3.29. The number of carbonyl (C=O) groups is 1. The van der Waals surface area contributed by atoms with Gasteiger partial charge in [-0.1, -0.05) is 36.7 Å². The van der Waals surface area contributed by atoms with Crippen LogP contribution in [0.2, 0.25) is 5.02 Å². The third kappa shape index (κ3) is 3.68. The molecule has 1 amide bonds. The first kappa shape index (κ1) is 20.1. The molecule has 2 aromatic carbocycles. The largest absolute Gasteiger partial charge is 0.347 e. The summed E-state index contributed by atoms with van der Waals surface area (Å²) in [5, 5.41) is 7.82. The molecule has 2 heterocycles. The smallest absolute Gasteiger partial charge is 0.296 e. The van der Waals surface area contributed by atoms with Crippen LogP contribution in [0, 0.1) is 6.92 Å². The predicted molar refractivity (Wildman–Crippen MR) is 117 cm³/mol. The van der Waals surface area contributed by atoms with Crippen LogP contribution >= 0.6 is 11.6 Å². The van der Waals surface area contributed by atoms with Crippen molar-refractivity contribution in [3.63, 3.8) is 0 Å². The van der Waals surface area contributed by atoms with Gasteiger partial charge in [0.05, 0.1) is 17.6 Å². The summed E-state index contributed by atoms with van der Waals surface area (Å²) in [7, 11) is 0. The topological polar surface area (TPSA) is 81.3 Å². The van der Waals surface area contributed by atoms with Crippen LogP contribution in [0.5, 0.6) is 0 Å². The molecule has 0 saturated heterocycles. The number of aryl methyl sites for hydroxylation is 1. The number of fused-ring (bicyclic) bond motifs is 3. The third-order valence-corrected chi connectivity index (χ3v) is 5.39. The minimum Gasteiger partial charge on any atom is -0.347 e. The molecule has 1 unspecified atom stereocenters. The van der Waals surface area contributed by atoms with E-state index in [1.165, 1.54) is 4.52 Å². The van der Waals surface area contributed by atoms with Crippen molar-refractivity contribution in [3.8, 4) is 0 Å². The highest BCUT2D eigenvalue weighted by atomic mass is 35.5. The van der Waals surface area contributed by atoms with Gasteiger partial charge < -0.3 is 5.32 Å². The first-order chi connectivity index (χ1) is 14.4. The molecule has 30 heavy (non-hydrogen) atoms. The summed E-state index contributed by atoms with van der Waals surface area (Å²) in [6.07, 6.45) is 0.787. The van der Waals surface area contributed by atoms with E-state index < -0.39 is 5.91 Å². The number of rotatable bonds is 5. The SMILES string of the molecule is CCC(C)NC(=O)c1nc2c(=O)n(Cc3ccc(Cl)cc3)c3cc(C)ccc3n2n1. The first-order valence-electron chi connectivity index (χ1n) is 9.82. The van der Waals surface area contributed by atoms with Gasteiger partial charge in [-0.05, 0) is 55.7 Å². The number of hydrogen-bond acceptors (Lipinski definition) is 4. The zero-order valence-corrected chi connectivity index (χ0v) is 17.8. The molecule has 0 aliphatic rings. The molecule has 1 atom stereocenters. The second-order valence-electron chi connectivity index (χ2n) is 7.46. The Morgan fingerprint density at radius 1 is 1.17 bits per heavy atom. The van der Waals surface area contributed by atoms with E-state index in [9.17, 15) is 9.59 Å². The van der Waals surface area contributed by atoms with Gasteiger partial charge in [-0.25, -0.2) is 4.52 Å². The van der Waals surface area contributed by atoms with Gasteiger partial charge in [0.1, 0.15) is 0 Å². The van der Waals surface area contributed by atoms with Crippen molar-refractivity contribution in [2.24, 2.45) is 0 Å². The predicted octanol–water partition coefficient (Wildman–Crippen LogP) is 3.58. The van der Waals surface area contributed by atoms with Crippen LogP contribution in [0.15, 0.2) is 47.3 Å². The average Bonchev–Trinajstić information content (AvgIpc) is 3.18. The molecule has 0 saturated carbocycles. The number of halogens is 1. The minimum atomic E-state index is -0.392. The molecular formula is C22H22ClN5O2. The Kier molecular flexibility index (Phi) is 5.30. The summed E-state index contributed by atoms with van der Waals surface area (Å²) >= 11 is 5.99. The Morgan fingerprint density at radius 2 is 1.90 bits per heavy atom. The van der Waals surface area contributed by atoms with Crippen molar-refractivity contribution < 1.29 is 4.79 Å². The molecule has 4 aromatic rings. The summed E-state index contributed by atoms with van der Waals surface area (Å²) in [6, 6.07) is 13.1. The van der Waals surface area contributed by atoms with E-state index >= 15 is 0 Å². The highest BCUT2D eigenvalue weighted by Gasteiger charge is 2.20. The summed E-state index contributed by atoms with van der Waals surface area (Å²) < 4.78 is 3.12. The van der Waals surface area contributed by atoms with Crippen LogP contribution in [-0.4, -0.2) is 31.1 Å². The van der Waals surface area contributed by atoms with Crippen LogP contribution < -0.4 is 10.9 Å². The molecule has 0 aliphatic heterocycles. The molecular weight excluding hydrogens is 402 g/mol. The molecule has 7 nitrogen and oxygen atoms in total. The van der Waals surface area contributed by atoms with Gasteiger partial charge in [0.15, 0.2) is 0 Å². The lowest BCUT2D eigenvalue weighted by molar-refractivity contribution is 0.0929. The minimum absolute atomic E-state index is 0.00920. The lowest BCUT2D eigenvalue weighted by Gasteiger charge is -2.12. The van der Waals surface area contributed by atoms with Crippen molar-refractivity contribution in [1.82, 2.24) is 24.5 Å². The maximum Gasteiger partial charge on any atom is 0.296 e. The fourth-order valence-corrected chi connectivity index (χ4v) is 3.42. The Hall–Kier alpha value is -3.19. The lowest BCUT2D eigenvalue weighted by Crippen LogP contribution is -2.32. The van der Waals surface area contributed by atoms with Crippen molar-refractivity contribution in [2.45, 2.75) is 39.8 Å². The monoisotopic (exact) mass is 423 g/mol. The highest BCUT2D eigenvalue weighted by molar-refractivity contribution is 6.30. The molecule has 1 N–H and O–H groups in total. The second kappa shape index (κ2) is 7.91. The summed E-state index contributed by atoms with van der Waals surface area (Å²) in [6.45, 7) is 6.21. The van der Waals surface area contributed by atoms with Gasteiger partial charge in [-0.2, -0.15) is 4.98 Å². The van der Waals surface area contributed by atoms with E-state index in [0.29, 0.717) is 17.1 Å². The number of hydrogen-bond donors (Lipinski definition) is 1. The van der Waals surface area contributed by atoms with E-state index in [1.807, 2.05) is 51.1 Å². The van der Waals surface area contributed by atoms with Crippen molar-refractivity contribution in [1.29, 1.82) is 0 Å². The first-order valence-corrected chi connectivity index (χ1v) is 10.2. The molecule has 4 rings (SSSR count). The number of carbonyl (C=O) groups excluding carboxylic acids is 1. The van der Waals surface area contributed by atoms with Crippen molar-refractivity contribution in [2.75, 3.05) is 0 Å². The summed E-state index contributed by atoms with van der Waals surface area (Å²) in [5.41, 5.74) is 3.19. The van der Waals surface area contributed by atoms with Gasteiger partial charge in [-0.15, -0.1) is 5.10 Å². The molecule has 8 heteroatoms. The quantitative estimate of drug-likeness (QED) is 0.532. The fraction of sp³-hybridized carbons (Fsp3) is 0.273. The highest BCUT2D eigenvalue weighted by Crippen LogP contribution is 2.18. The number of nitrogens with zero attached hydrogens (tertiary/aromatic N) is 4. The Balaban J connectivity index is 1.91. The van der Waals surface area contributed by atoms with Crippen LogP contribution in [-0.2, 0) is 6.54 Å². The summed E-state index contributed by atoms with van der Waals surface area (Å²) in [5.74, 6) is -0.407. The molecule has 0 bridgehead atoms. The van der Waals surface area contributed by atoms with Crippen LogP contribution in [0.1, 0.15) is 42.0 Å². The standard InChI is InChI=1S/C22H22ClN5O2/c1-4-14(3)24-21(29)19-25-20-22(30)27(12-15-6-8-16(23)9-7-15)18-11-13(2)5-10-17(18)28(20)26-19/h5-11,14H,4,12H2,1-3H3,(H,24,29). The maximum absolute atomic E-state index is 13.3. The number of nitrogens with one attached hydrogen (secondary N) is 1. The van der Waals surface area contributed by atoms with Gasteiger partial charge >= 0.3 is 0 Å². The van der Waals surface area contributed by atoms with Crippen LogP contribution in [0.25, 0.3) is 16.7 Å². The molecule has 2 aromatic heterocycles. The van der Waals surface area contributed by atoms with E-state index in [-0.39, 0.29) is 23.1 Å². The van der Waals surface area contributed by atoms with Gasteiger partial charge in [0.2, 0.25) is 11.5 Å². The lowest BCUT2D eigenvalue weighted by atomic mass is 10.2. The van der Waals surface area contributed by atoms with Gasteiger partial charge in [0, 0.05) is 11.1 Å². The molecule has 154 valence electrons. The van der Waals surface area contributed by atoms with Gasteiger partial charge in [0.25, 0.3) is 11.5 Å². The summed E-state index contributed by atoms with van der Waals surface area (Å²) in [4.78, 5) is 30.1. The van der Waals surface area contributed by atoms with Gasteiger partial charge in [-0.3, -0.25) is 14.2 Å². The van der Waals surface area contributed by atoms with E-state index in [4.69, 9.17) is 11.6 Å². The number of benzene rings is 2. The third-order valence-electron chi connectivity index (χ3n) is 5.14. The van der Waals surface area contributed by atoms with E-state index in [1.54, 1.807) is 16.7 Å². The number of amides is 1. The molecule has 0 fully saturated rings. The molecule has 0 radical (unpaired) electrons. The second-order valence-corrected chi connectivity index (χ2v) is 7.90. The average molecular weight is 424 g/mol. The van der Waals surface area contributed by atoms with E-state index in [2.05, 4.69) is 15.4 Å². The number of aromatic nitrogens is 4. The van der Waals surface area contributed by atoms with Crippen molar-refractivity contribution >= 4 is 34.2 Å². The zero-order chi connectivity index (χ0) is 21.4. The maximum atomic E-state index is 13.3. The van der Waals surface area contributed by atoms with E-state index in [0.717, 1.165) is 23.1 Å². The molecule has 0 aliphatic carbocycles. The zero-order valence-electron chi connectivity index (χ0n) is 17.0.